The number of amides is 1. The number of nitrogen functional groups attached to an aromatic ring is 1. The van der Waals surface area contributed by atoms with Crippen LogP contribution < -0.4 is 21.1 Å². The van der Waals surface area contributed by atoms with E-state index in [-0.39, 0.29) is 12.5 Å². The topological polar surface area (TPSA) is 76.4 Å². The number of carbonyl (C=O) groups excluding carboxylic acids is 1. The number of nitrogens with two attached hydrogens (primary N) is 1. The van der Waals surface area contributed by atoms with E-state index in [2.05, 4.69) is 10.6 Å². The average molecular weight is 304 g/mol. The molecule has 0 atom stereocenters. The summed E-state index contributed by atoms with van der Waals surface area (Å²) in [4.78, 5) is 11.4. The van der Waals surface area contributed by atoms with E-state index < -0.39 is 0 Å². The van der Waals surface area contributed by atoms with Gasteiger partial charge in [0, 0.05) is 16.8 Å². The third-order valence-electron chi connectivity index (χ3n) is 3.25. The van der Waals surface area contributed by atoms with Crippen molar-refractivity contribution in [1.29, 1.82) is 0 Å². The first-order chi connectivity index (χ1) is 10.0. The molecule has 2 aromatic rings. The van der Waals surface area contributed by atoms with Crippen molar-refractivity contribution < 1.29 is 9.53 Å². The van der Waals surface area contributed by atoms with Gasteiger partial charge in [-0.2, -0.15) is 0 Å². The Bertz CT molecular complexity index is 731. The molecule has 1 aliphatic heterocycles. The largest absolute Gasteiger partial charge is 0.482 e. The fraction of sp³-hybridized carbons (Fsp3) is 0.133. The summed E-state index contributed by atoms with van der Waals surface area (Å²) >= 11 is 6.01. The van der Waals surface area contributed by atoms with Crippen molar-refractivity contribution >= 4 is 40.3 Å². The van der Waals surface area contributed by atoms with Gasteiger partial charge in [0.2, 0.25) is 0 Å². The van der Waals surface area contributed by atoms with Gasteiger partial charge in [-0.15, -0.1) is 0 Å². The number of carbonyl (C=O) groups is 1. The Morgan fingerprint density at radius 2 is 2.10 bits per heavy atom. The van der Waals surface area contributed by atoms with E-state index in [9.17, 15) is 4.79 Å². The van der Waals surface area contributed by atoms with Crippen LogP contribution in [0.15, 0.2) is 30.3 Å². The van der Waals surface area contributed by atoms with Gasteiger partial charge in [0.05, 0.1) is 17.1 Å². The van der Waals surface area contributed by atoms with Crippen LogP contribution in [0.5, 0.6) is 5.75 Å². The number of benzene rings is 2. The molecule has 0 aliphatic carbocycles. The van der Waals surface area contributed by atoms with Crippen LogP contribution >= 0.6 is 11.6 Å². The molecule has 1 amide bonds. The van der Waals surface area contributed by atoms with Crippen molar-refractivity contribution in [2.24, 2.45) is 0 Å². The maximum Gasteiger partial charge on any atom is 0.262 e. The zero-order valence-corrected chi connectivity index (χ0v) is 12.1. The van der Waals surface area contributed by atoms with E-state index in [1.54, 1.807) is 12.1 Å². The zero-order chi connectivity index (χ0) is 15.0. The molecule has 2 aromatic carbocycles. The van der Waals surface area contributed by atoms with Gasteiger partial charge >= 0.3 is 0 Å². The SMILES string of the molecule is Cc1ccc(Cl)cc1Nc1cc2c(cc1N)OCC(=O)N2. The van der Waals surface area contributed by atoms with E-state index in [1.807, 2.05) is 25.1 Å². The average Bonchev–Trinajstić information content (AvgIpc) is 2.44. The quantitative estimate of drug-likeness (QED) is 0.744. The minimum atomic E-state index is -0.183. The summed E-state index contributed by atoms with van der Waals surface area (Å²) in [6.07, 6.45) is 0. The molecule has 6 heteroatoms. The highest BCUT2D eigenvalue weighted by Gasteiger charge is 2.18. The lowest BCUT2D eigenvalue weighted by Crippen LogP contribution is -2.25. The molecule has 1 aliphatic rings. The zero-order valence-electron chi connectivity index (χ0n) is 11.4. The molecule has 0 unspecified atom stereocenters. The van der Waals surface area contributed by atoms with Gasteiger partial charge in [-0.25, -0.2) is 0 Å². The standard InChI is InChI=1S/C15H14ClN3O2/c1-8-2-3-9(16)4-11(8)18-12-6-13-14(5-10(12)17)21-7-15(20)19-13/h2-6,18H,7,17H2,1H3,(H,19,20). The Kier molecular flexibility index (Phi) is 3.35. The fourth-order valence-corrected chi connectivity index (χ4v) is 2.30. The van der Waals surface area contributed by atoms with Crippen LogP contribution in [-0.2, 0) is 4.79 Å². The highest BCUT2D eigenvalue weighted by atomic mass is 35.5. The number of nitrogens with one attached hydrogen (secondary N) is 2. The summed E-state index contributed by atoms with van der Waals surface area (Å²) in [6.45, 7) is 1.98. The molecule has 1 heterocycles. The number of hydrogen-bond acceptors (Lipinski definition) is 4. The first-order valence-corrected chi connectivity index (χ1v) is 6.80. The molecule has 0 spiro atoms. The highest BCUT2D eigenvalue weighted by molar-refractivity contribution is 6.30. The van der Waals surface area contributed by atoms with Crippen LogP contribution in [0, 0.1) is 6.92 Å². The molecular formula is C15H14ClN3O2. The lowest BCUT2D eigenvalue weighted by Gasteiger charge is -2.20. The second kappa shape index (κ2) is 5.18. The van der Waals surface area contributed by atoms with Gasteiger partial charge in [0.25, 0.3) is 5.91 Å². The third-order valence-corrected chi connectivity index (χ3v) is 3.49. The Balaban J connectivity index is 1.97. The normalized spacial score (nSPS) is 13.1. The summed E-state index contributed by atoms with van der Waals surface area (Å²) in [7, 11) is 0. The summed E-state index contributed by atoms with van der Waals surface area (Å²) in [6, 6.07) is 9.01. The fourth-order valence-electron chi connectivity index (χ4n) is 2.12. The van der Waals surface area contributed by atoms with Gasteiger partial charge in [-0.05, 0) is 30.7 Å². The maximum absolute atomic E-state index is 11.4. The molecule has 5 nitrogen and oxygen atoms in total. The molecule has 0 aromatic heterocycles. The van der Waals surface area contributed by atoms with E-state index in [0.717, 1.165) is 11.3 Å². The van der Waals surface area contributed by atoms with Crippen LogP contribution in [0.25, 0.3) is 0 Å². The van der Waals surface area contributed by atoms with E-state index in [1.165, 1.54) is 0 Å². The predicted octanol–water partition coefficient (Wildman–Crippen LogP) is 3.31. The smallest absolute Gasteiger partial charge is 0.262 e. The predicted molar refractivity (Wildman–Crippen MR) is 84.5 cm³/mol. The molecule has 0 radical (unpaired) electrons. The van der Waals surface area contributed by atoms with Crippen LogP contribution in [0.3, 0.4) is 0 Å². The maximum atomic E-state index is 11.4. The van der Waals surface area contributed by atoms with Crippen LogP contribution in [0.1, 0.15) is 5.56 Å². The lowest BCUT2D eigenvalue weighted by molar-refractivity contribution is -0.118. The number of rotatable bonds is 2. The van der Waals surface area contributed by atoms with Crippen LogP contribution in [-0.4, -0.2) is 12.5 Å². The van der Waals surface area contributed by atoms with E-state index in [4.69, 9.17) is 22.1 Å². The van der Waals surface area contributed by atoms with E-state index >= 15 is 0 Å². The Morgan fingerprint density at radius 3 is 2.90 bits per heavy atom. The van der Waals surface area contributed by atoms with Crippen molar-refractivity contribution in [3.05, 3.63) is 40.9 Å². The minimum absolute atomic E-state index is 0.00656. The monoisotopic (exact) mass is 303 g/mol. The minimum Gasteiger partial charge on any atom is -0.482 e. The lowest BCUT2D eigenvalue weighted by atomic mass is 10.1. The van der Waals surface area contributed by atoms with Gasteiger partial charge in [0.1, 0.15) is 5.75 Å². The van der Waals surface area contributed by atoms with Crippen LogP contribution in [0.2, 0.25) is 5.02 Å². The molecule has 0 fully saturated rings. The summed E-state index contributed by atoms with van der Waals surface area (Å²) < 4.78 is 5.32. The first kappa shape index (κ1) is 13.6. The number of aryl methyl sites for hydroxylation is 1. The van der Waals surface area contributed by atoms with Crippen molar-refractivity contribution in [1.82, 2.24) is 0 Å². The second-order valence-electron chi connectivity index (χ2n) is 4.86. The van der Waals surface area contributed by atoms with Gasteiger partial charge in [-0.3, -0.25) is 4.79 Å². The molecular weight excluding hydrogens is 290 g/mol. The highest BCUT2D eigenvalue weighted by Crippen LogP contribution is 2.37. The molecule has 0 bridgehead atoms. The number of ether oxygens (including phenoxy) is 1. The third kappa shape index (κ3) is 2.73. The van der Waals surface area contributed by atoms with Crippen molar-refractivity contribution in [2.45, 2.75) is 6.92 Å². The second-order valence-corrected chi connectivity index (χ2v) is 5.29. The Hall–Kier alpha value is -2.40. The molecule has 3 rings (SSSR count). The molecule has 4 N–H and O–H groups in total. The van der Waals surface area contributed by atoms with Crippen molar-refractivity contribution in [2.75, 3.05) is 23.0 Å². The van der Waals surface area contributed by atoms with Crippen molar-refractivity contribution in [3.8, 4) is 5.75 Å². The molecule has 108 valence electrons. The summed E-state index contributed by atoms with van der Waals surface area (Å²) in [5.41, 5.74) is 9.74. The van der Waals surface area contributed by atoms with Crippen molar-refractivity contribution in [3.63, 3.8) is 0 Å². The number of halogens is 1. The van der Waals surface area contributed by atoms with E-state index in [0.29, 0.717) is 27.8 Å². The molecule has 0 saturated heterocycles. The summed E-state index contributed by atoms with van der Waals surface area (Å²) in [5, 5.41) is 6.62. The van der Waals surface area contributed by atoms with Gasteiger partial charge in [0.15, 0.2) is 6.61 Å². The molecule has 0 saturated carbocycles. The Morgan fingerprint density at radius 1 is 1.29 bits per heavy atom. The summed E-state index contributed by atoms with van der Waals surface area (Å²) in [5.74, 6) is 0.387. The van der Waals surface area contributed by atoms with Gasteiger partial charge < -0.3 is 21.1 Å². The number of fused-ring (bicyclic) bond motifs is 1. The first-order valence-electron chi connectivity index (χ1n) is 6.42. The number of hydrogen-bond donors (Lipinski definition) is 3. The van der Waals surface area contributed by atoms with Gasteiger partial charge in [-0.1, -0.05) is 17.7 Å². The van der Waals surface area contributed by atoms with Crippen LogP contribution in [0.4, 0.5) is 22.7 Å². The Labute approximate surface area is 127 Å². The number of anilines is 4. The molecule has 21 heavy (non-hydrogen) atoms.